The van der Waals surface area contributed by atoms with Crippen molar-refractivity contribution < 1.29 is 4.74 Å². The monoisotopic (exact) mass is 214 g/mol. The summed E-state index contributed by atoms with van der Waals surface area (Å²) < 4.78 is 6.07. The van der Waals surface area contributed by atoms with Crippen LogP contribution in [0.5, 0.6) is 0 Å². The van der Waals surface area contributed by atoms with Crippen LogP contribution >= 0.6 is 0 Å². The Kier molecular flexibility index (Phi) is 9.18. The van der Waals surface area contributed by atoms with Gasteiger partial charge in [-0.2, -0.15) is 0 Å². The third-order valence-corrected chi connectivity index (χ3v) is 3.07. The van der Waals surface area contributed by atoms with Crippen molar-refractivity contribution in [3.05, 3.63) is 0 Å². The average molecular weight is 214 g/mol. The molecule has 0 bridgehead atoms. The predicted octanol–water partition coefficient (Wildman–Crippen LogP) is 4.94. The minimum absolute atomic E-state index is 0.154. The van der Waals surface area contributed by atoms with Crippen LogP contribution in [0.15, 0.2) is 0 Å². The molecular weight excluding hydrogens is 184 g/mol. The van der Waals surface area contributed by atoms with Crippen LogP contribution in [0.3, 0.4) is 0 Å². The van der Waals surface area contributed by atoms with E-state index in [9.17, 15) is 0 Å². The van der Waals surface area contributed by atoms with Gasteiger partial charge in [0.15, 0.2) is 0 Å². The zero-order chi connectivity index (χ0) is 11.6. The standard InChI is InChI=1S/C14H30O/c1-5-8-11-14(4,12-9-6-2)15-13-10-7-3/h5-13H2,1-4H3. The second-order valence-electron chi connectivity index (χ2n) is 4.86. The van der Waals surface area contributed by atoms with E-state index in [0.29, 0.717) is 0 Å². The normalized spacial score (nSPS) is 12.0. The third kappa shape index (κ3) is 7.84. The summed E-state index contributed by atoms with van der Waals surface area (Å²) in [6.07, 6.45) is 10.0. The molecule has 1 heteroatoms. The van der Waals surface area contributed by atoms with E-state index in [1.54, 1.807) is 0 Å². The molecule has 0 fully saturated rings. The Morgan fingerprint density at radius 1 is 0.800 bits per heavy atom. The molecule has 0 spiro atoms. The summed E-state index contributed by atoms with van der Waals surface area (Å²) in [6, 6.07) is 0. The summed E-state index contributed by atoms with van der Waals surface area (Å²) in [6.45, 7) is 9.98. The Morgan fingerprint density at radius 3 is 1.67 bits per heavy atom. The molecule has 0 rings (SSSR count). The quantitative estimate of drug-likeness (QED) is 0.468. The molecule has 0 aromatic carbocycles. The van der Waals surface area contributed by atoms with Crippen LogP contribution in [0.4, 0.5) is 0 Å². The van der Waals surface area contributed by atoms with Crippen molar-refractivity contribution in [2.75, 3.05) is 6.61 Å². The van der Waals surface area contributed by atoms with Crippen molar-refractivity contribution in [3.8, 4) is 0 Å². The molecule has 0 aromatic rings. The van der Waals surface area contributed by atoms with Crippen LogP contribution in [-0.4, -0.2) is 12.2 Å². The summed E-state index contributed by atoms with van der Waals surface area (Å²) in [5.74, 6) is 0. The molecule has 15 heavy (non-hydrogen) atoms. The fraction of sp³-hybridized carbons (Fsp3) is 1.00. The summed E-state index contributed by atoms with van der Waals surface area (Å²) in [4.78, 5) is 0. The molecule has 0 unspecified atom stereocenters. The molecule has 0 aromatic heterocycles. The Labute approximate surface area is 96.6 Å². The zero-order valence-electron chi connectivity index (χ0n) is 11.3. The van der Waals surface area contributed by atoms with Gasteiger partial charge in [-0.15, -0.1) is 0 Å². The first-order valence-electron chi connectivity index (χ1n) is 6.82. The molecule has 0 aliphatic carbocycles. The first-order valence-corrected chi connectivity index (χ1v) is 6.82. The maximum Gasteiger partial charge on any atom is 0.0654 e. The number of ether oxygens (including phenoxy) is 1. The lowest BCUT2D eigenvalue weighted by atomic mass is 9.92. The highest BCUT2D eigenvalue weighted by Crippen LogP contribution is 2.25. The van der Waals surface area contributed by atoms with Crippen LogP contribution in [0.1, 0.15) is 79.1 Å². The number of rotatable bonds is 10. The van der Waals surface area contributed by atoms with E-state index in [1.165, 1.54) is 51.4 Å². The largest absolute Gasteiger partial charge is 0.375 e. The first kappa shape index (κ1) is 15.0. The number of unbranched alkanes of at least 4 members (excludes halogenated alkanes) is 3. The van der Waals surface area contributed by atoms with Crippen LogP contribution < -0.4 is 0 Å². The topological polar surface area (TPSA) is 9.23 Å². The minimum atomic E-state index is 0.154. The fourth-order valence-electron chi connectivity index (χ4n) is 1.83. The summed E-state index contributed by atoms with van der Waals surface area (Å²) in [5, 5.41) is 0. The summed E-state index contributed by atoms with van der Waals surface area (Å²) in [5.41, 5.74) is 0.154. The van der Waals surface area contributed by atoms with Gasteiger partial charge in [0.05, 0.1) is 5.60 Å². The highest BCUT2D eigenvalue weighted by molar-refractivity contribution is 4.75. The molecule has 92 valence electrons. The Bertz CT molecular complexity index is 123. The van der Waals surface area contributed by atoms with Gasteiger partial charge < -0.3 is 4.74 Å². The molecule has 0 aliphatic rings. The fourth-order valence-corrected chi connectivity index (χ4v) is 1.83. The highest BCUT2D eigenvalue weighted by Gasteiger charge is 2.23. The van der Waals surface area contributed by atoms with E-state index < -0.39 is 0 Å². The van der Waals surface area contributed by atoms with Crippen LogP contribution in [0, 0.1) is 0 Å². The van der Waals surface area contributed by atoms with Crippen molar-refractivity contribution >= 4 is 0 Å². The molecule has 0 amide bonds. The lowest BCUT2D eigenvalue weighted by molar-refractivity contribution is -0.0473. The predicted molar refractivity (Wildman–Crippen MR) is 68.3 cm³/mol. The highest BCUT2D eigenvalue weighted by atomic mass is 16.5. The van der Waals surface area contributed by atoms with E-state index in [1.807, 2.05) is 0 Å². The molecule has 0 saturated carbocycles. The SMILES string of the molecule is CCCCOC(C)(CCCC)CCCC. The lowest BCUT2D eigenvalue weighted by Gasteiger charge is -2.30. The van der Waals surface area contributed by atoms with Gasteiger partial charge in [-0.3, -0.25) is 0 Å². The van der Waals surface area contributed by atoms with E-state index in [0.717, 1.165) is 6.61 Å². The molecule has 0 heterocycles. The molecular formula is C14H30O. The van der Waals surface area contributed by atoms with Gasteiger partial charge in [0.2, 0.25) is 0 Å². The molecule has 1 nitrogen and oxygen atoms in total. The van der Waals surface area contributed by atoms with Gasteiger partial charge in [-0.25, -0.2) is 0 Å². The van der Waals surface area contributed by atoms with Crippen molar-refractivity contribution in [2.24, 2.45) is 0 Å². The van der Waals surface area contributed by atoms with Gasteiger partial charge in [-0.1, -0.05) is 52.9 Å². The van der Waals surface area contributed by atoms with E-state index in [4.69, 9.17) is 4.74 Å². The smallest absolute Gasteiger partial charge is 0.0654 e. The third-order valence-electron chi connectivity index (χ3n) is 3.07. The van der Waals surface area contributed by atoms with Crippen molar-refractivity contribution in [2.45, 2.75) is 84.7 Å². The Morgan fingerprint density at radius 2 is 1.27 bits per heavy atom. The van der Waals surface area contributed by atoms with Gasteiger partial charge in [0, 0.05) is 6.61 Å². The van der Waals surface area contributed by atoms with Gasteiger partial charge in [0.1, 0.15) is 0 Å². The van der Waals surface area contributed by atoms with Gasteiger partial charge in [-0.05, 0) is 26.2 Å². The Hall–Kier alpha value is -0.0400. The van der Waals surface area contributed by atoms with E-state index in [2.05, 4.69) is 27.7 Å². The summed E-state index contributed by atoms with van der Waals surface area (Å²) >= 11 is 0. The maximum atomic E-state index is 6.07. The first-order chi connectivity index (χ1) is 7.18. The minimum Gasteiger partial charge on any atom is -0.375 e. The Balaban J connectivity index is 3.89. The molecule has 0 aliphatic heterocycles. The molecule has 0 N–H and O–H groups in total. The van der Waals surface area contributed by atoms with Crippen LogP contribution in [0.25, 0.3) is 0 Å². The zero-order valence-corrected chi connectivity index (χ0v) is 11.3. The van der Waals surface area contributed by atoms with E-state index >= 15 is 0 Å². The maximum absolute atomic E-state index is 6.07. The van der Waals surface area contributed by atoms with Crippen LogP contribution in [0.2, 0.25) is 0 Å². The van der Waals surface area contributed by atoms with Gasteiger partial charge >= 0.3 is 0 Å². The van der Waals surface area contributed by atoms with Crippen molar-refractivity contribution in [1.82, 2.24) is 0 Å². The van der Waals surface area contributed by atoms with Gasteiger partial charge in [0.25, 0.3) is 0 Å². The second-order valence-corrected chi connectivity index (χ2v) is 4.86. The molecule has 0 saturated heterocycles. The summed E-state index contributed by atoms with van der Waals surface area (Å²) in [7, 11) is 0. The second kappa shape index (κ2) is 9.21. The van der Waals surface area contributed by atoms with E-state index in [-0.39, 0.29) is 5.60 Å². The van der Waals surface area contributed by atoms with Crippen LogP contribution in [-0.2, 0) is 4.74 Å². The molecule has 0 atom stereocenters. The lowest BCUT2D eigenvalue weighted by Crippen LogP contribution is -2.29. The van der Waals surface area contributed by atoms with Crippen molar-refractivity contribution in [3.63, 3.8) is 0 Å². The number of hydrogen-bond acceptors (Lipinski definition) is 1. The van der Waals surface area contributed by atoms with Crippen molar-refractivity contribution in [1.29, 1.82) is 0 Å². The average Bonchev–Trinajstić information content (AvgIpc) is 2.24. The number of hydrogen-bond donors (Lipinski definition) is 0. The molecule has 0 radical (unpaired) electrons.